The van der Waals surface area contributed by atoms with Crippen LogP contribution in [0.5, 0.6) is 0 Å². The van der Waals surface area contributed by atoms with Gasteiger partial charge in [0.1, 0.15) is 6.04 Å². The number of nitrogens with zero attached hydrogens (tertiary/aromatic N) is 4. The van der Waals surface area contributed by atoms with Crippen LogP contribution in [0.1, 0.15) is 24.4 Å². The van der Waals surface area contributed by atoms with Crippen LogP contribution in [0.25, 0.3) is 0 Å². The molecule has 19 heavy (non-hydrogen) atoms. The number of amides is 1. The third kappa shape index (κ3) is 3.14. The van der Waals surface area contributed by atoms with Crippen LogP contribution in [0, 0.1) is 6.92 Å². The second kappa shape index (κ2) is 5.44. The van der Waals surface area contributed by atoms with Gasteiger partial charge in [-0.05, 0) is 19.9 Å². The molecule has 2 rings (SSSR count). The van der Waals surface area contributed by atoms with Crippen LogP contribution in [0.4, 0.5) is 0 Å². The van der Waals surface area contributed by atoms with E-state index in [-0.39, 0.29) is 5.91 Å². The lowest BCUT2D eigenvalue weighted by Gasteiger charge is -2.11. The highest BCUT2D eigenvalue weighted by molar-refractivity contribution is 6.31. The minimum atomic E-state index is -0.407. The van der Waals surface area contributed by atoms with Gasteiger partial charge in [-0.3, -0.25) is 14.2 Å². The molecule has 0 saturated heterocycles. The number of rotatable bonds is 4. The van der Waals surface area contributed by atoms with E-state index in [0.29, 0.717) is 17.3 Å². The molecule has 1 unspecified atom stereocenters. The summed E-state index contributed by atoms with van der Waals surface area (Å²) >= 11 is 5.93. The second-order valence-electron chi connectivity index (χ2n) is 4.42. The molecule has 7 heteroatoms. The lowest BCUT2D eigenvalue weighted by molar-refractivity contribution is -0.124. The van der Waals surface area contributed by atoms with Crippen molar-refractivity contribution in [2.24, 2.45) is 7.05 Å². The number of halogens is 1. The maximum absolute atomic E-state index is 12.0. The van der Waals surface area contributed by atoms with Gasteiger partial charge in [0.15, 0.2) is 0 Å². The highest BCUT2D eigenvalue weighted by atomic mass is 35.5. The number of nitrogens with one attached hydrogen (secondary N) is 1. The van der Waals surface area contributed by atoms with Gasteiger partial charge in [-0.15, -0.1) is 0 Å². The molecule has 1 N–H and O–H groups in total. The van der Waals surface area contributed by atoms with Crippen LogP contribution in [0.2, 0.25) is 5.02 Å². The van der Waals surface area contributed by atoms with Crippen LogP contribution < -0.4 is 5.32 Å². The van der Waals surface area contributed by atoms with Crippen molar-refractivity contribution in [1.82, 2.24) is 24.9 Å². The van der Waals surface area contributed by atoms with Crippen molar-refractivity contribution in [1.29, 1.82) is 0 Å². The molecule has 102 valence electrons. The predicted molar refractivity (Wildman–Crippen MR) is 71.7 cm³/mol. The predicted octanol–water partition coefficient (Wildman–Crippen LogP) is 1.46. The molecule has 1 amide bonds. The third-order valence-corrected chi connectivity index (χ3v) is 3.22. The van der Waals surface area contributed by atoms with E-state index >= 15 is 0 Å². The van der Waals surface area contributed by atoms with Gasteiger partial charge < -0.3 is 5.32 Å². The fourth-order valence-corrected chi connectivity index (χ4v) is 1.80. The second-order valence-corrected chi connectivity index (χ2v) is 4.82. The van der Waals surface area contributed by atoms with Crippen LogP contribution in [0.15, 0.2) is 18.5 Å². The number of aryl methyl sites for hydroxylation is 2. The van der Waals surface area contributed by atoms with E-state index in [2.05, 4.69) is 15.5 Å². The van der Waals surface area contributed by atoms with Gasteiger partial charge in [-0.2, -0.15) is 10.2 Å². The number of carbonyl (C=O) groups is 1. The summed E-state index contributed by atoms with van der Waals surface area (Å²) in [7, 11) is 1.84. The van der Waals surface area contributed by atoms with Crippen molar-refractivity contribution in [3.63, 3.8) is 0 Å². The maximum atomic E-state index is 12.0. The first-order chi connectivity index (χ1) is 8.97. The molecule has 0 bridgehead atoms. The highest BCUT2D eigenvalue weighted by Crippen LogP contribution is 2.15. The monoisotopic (exact) mass is 281 g/mol. The molecule has 2 aromatic heterocycles. The van der Waals surface area contributed by atoms with Crippen LogP contribution in [-0.4, -0.2) is 25.5 Å². The minimum Gasteiger partial charge on any atom is -0.349 e. The molecular formula is C12H16ClN5O. The zero-order valence-corrected chi connectivity index (χ0v) is 11.8. The number of aromatic nitrogens is 4. The molecule has 0 fully saturated rings. The first-order valence-corrected chi connectivity index (χ1v) is 6.32. The van der Waals surface area contributed by atoms with E-state index < -0.39 is 6.04 Å². The Labute approximate surface area is 116 Å². The Morgan fingerprint density at radius 2 is 2.26 bits per heavy atom. The van der Waals surface area contributed by atoms with Crippen molar-refractivity contribution >= 4 is 17.5 Å². The highest BCUT2D eigenvalue weighted by Gasteiger charge is 2.17. The van der Waals surface area contributed by atoms with E-state index in [1.807, 2.05) is 19.3 Å². The quantitative estimate of drug-likeness (QED) is 0.923. The third-order valence-electron chi connectivity index (χ3n) is 2.85. The fourth-order valence-electron chi connectivity index (χ4n) is 1.66. The SMILES string of the molecule is Cc1nn(C(C)C(=O)NCc2ccn(C)n2)cc1Cl. The van der Waals surface area contributed by atoms with Gasteiger partial charge in [0.05, 0.1) is 23.0 Å². The van der Waals surface area contributed by atoms with Crippen molar-refractivity contribution < 1.29 is 4.79 Å². The topological polar surface area (TPSA) is 64.7 Å². The smallest absolute Gasteiger partial charge is 0.244 e. The summed E-state index contributed by atoms with van der Waals surface area (Å²) < 4.78 is 3.26. The summed E-state index contributed by atoms with van der Waals surface area (Å²) in [4.78, 5) is 12.0. The average molecular weight is 282 g/mol. The average Bonchev–Trinajstić information content (AvgIpc) is 2.93. The number of carbonyl (C=O) groups excluding carboxylic acids is 1. The maximum Gasteiger partial charge on any atom is 0.244 e. The van der Waals surface area contributed by atoms with Gasteiger partial charge in [0.2, 0.25) is 5.91 Å². The molecule has 0 saturated carbocycles. The number of hydrogen-bond acceptors (Lipinski definition) is 3. The molecule has 2 aromatic rings. The van der Waals surface area contributed by atoms with Crippen molar-refractivity contribution in [2.45, 2.75) is 26.4 Å². The summed E-state index contributed by atoms with van der Waals surface area (Å²) in [6.45, 7) is 3.98. The Morgan fingerprint density at radius 3 is 2.79 bits per heavy atom. The Morgan fingerprint density at radius 1 is 1.53 bits per heavy atom. The Bertz CT molecular complexity index is 569. The summed E-state index contributed by atoms with van der Waals surface area (Å²) in [5, 5.41) is 11.8. The zero-order valence-electron chi connectivity index (χ0n) is 11.1. The summed E-state index contributed by atoms with van der Waals surface area (Å²) in [5.41, 5.74) is 1.53. The molecule has 0 aliphatic rings. The first kappa shape index (κ1) is 13.6. The number of hydrogen-bond donors (Lipinski definition) is 1. The van der Waals surface area contributed by atoms with Gasteiger partial charge in [0.25, 0.3) is 0 Å². The first-order valence-electron chi connectivity index (χ1n) is 5.95. The van der Waals surface area contributed by atoms with E-state index in [1.54, 1.807) is 29.4 Å². The van der Waals surface area contributed by atoms with E-state index in [9.17, 15) is 4.79 Å². The fraction of sp³-hybridized carbons (Fsp3) is 0.417. The molecule has 0 aliphatic heterocycles. The normalized spacial score (nSPS) is 12.4. The molecule has 0 radical (unpaired) electrons. The van der Waals surface area contributed by atoms with Gasteiger partial charge in [-0.1, -0.05) is 11.6 Å². The zero-order chi connectivity index (χ0) is 14.0. The van der Waals surface area contributed by atoms with E-state index in [1.165, 1.54) is 0 Å². The lowest BCUT2D eigenvalue weighted by Crippen LogP contribution is -2.31. The van der Waals surface area contributed by atoms with Gasteiger partial charge >= 0.3 is 0 Å². The van der Waals surface area contributed by atoms with Crippen LogP contribution >= 0.6 is 11.6 Å². The Kier molecular flexibility index (Phi) is 3.90. The van der Waals surface area contributed by atoms with Crippen molar-refractivity contribution in [3.05, 3.63) is 34.9 Å². The molecule has 6 nitrogen and oxygen atoms in total. The molecular weight excluding hydrogens is 266 g/mol. The van der Waals surface area contributed by atoms with Crippen molar-refractivity contribution in [2.75, 3.05) is 0 Å². The lowest BCUT2D eigenvalue weighted by atomic mass is 10.3. The molecule has 2 heterocycles. The minimum absolute atomic E-state index is 0.121. The summed E-state index contributed by atoms with van der Waals surface area (Å²) in [6, 6.07) is 1.45. The van der Waals surface area contributed by atoms with Gasteiger partial charge in [0, 0.05) is 19.4 Å². The van der Waals surface area contributed by atoms with Crippen LogP contribution in [0.3, 0.4) is 0 Å². The molecule has 1 atom stereocenters. The summed E-state index contributed by atoms with van der Waals surface area (Å²) in [6.07, 6.45) is 3.49. The van der Waals surface area contributed by atoms with Gasteiger partial charge in [-0.25, -0.2) is 0 Å². The molecule has 0 aliphatic carbocycles. The van der Waals surface area contributed by atoms with Crippen LogP contribution in [-0.2, 0) is 18.4 Å². The molecule has 0 aromatic carbocycles. The van der Waals surface area contributed by atoms with E-state index in [0.717, 1.165) is 5.69 Å². The molecule has 0 spiro atoms. The Hall–Kier alpha value is -1.82. The van der Waals surface area contributed by atoms with E-state index in [4.69, 9.17) is 11.6 Å². The van der Waals surface area contributed by atoms with Crippen molar-refractivity contribution in [3.8, 4) is 0 Å². The summed E-state index contributed by atoms with van der Waals surface area (Å²) in [5.74, 6) is -0.121. The Balaban J connectivity index is 1.96. The standard InChI is InChI=1S/C12H16ClN5O/c1-8-11(13)7-18(15-8)9(2)12(19)14-6-10-4-5-17(3)16-10/h4-5,7,9H,6H2,1-3H3,(H,14,19). The largest absolute Gasteiger partial charge is 0.349 e.